The van der Waals surface area contributed by atoms with Crippen molar-refractivity contribution in [3.63, 3.8) is 0 Å². The summed E-state index contributed by atoms with van der Waals surface area (Å²) in [5.74, 6) is 1.76. The molecule has 1 atom stereocenters. The standard InChI is InChI=1S/C20H28N2O4/c1-24-17-12-14-5-11-26-20(15(14)13-18(17)25-2)6-9-22(10-7-20)19(23)16-4-3-8-21-16/h12-13,16,21H,3-11H2,1-2H3/t16-/m1/s1. The van der Waals surface area contributed by atoms with Gasteiger partial charge in [-0.1, -0.05) is 0 Å². The van der Waals surface area contributed by atoms with Crippen molar-refractivity contribution in [2.75, 3.05) is 40.5 Å². The van der Waals surface area contributed by atoms with E-state index in [0.717, 1.165) is 63.2 Å². The molecule has 1 N–H and O–H groups in total. The molecule has 2 fully saturated rings. The molecule has 4 rings (SSSR count). The van der Waals surface area contributed by atoms with Crippen LogP contribution in [0, 0.1) is 0 Å². The van der Waals surface area contributed by atoms with Gasteiger partial charge in [0.1, 0.15) is 0 Å². The Kier molecular flexibility index (Phi) is 4.80. The molecule has 1 amide bonds. The number of nitrogens with zero attached hydrogens (tertiary/aromatic N) is 1. The maximum Gasteiger partial charge on any atom is 0.239 e. The van der Waals surface area contributed by atoms with E-state index in [9.17, 15) is 4.79 Å². The Bertz CT molecular complexity index is 677. The van der Waals surface area contributed by atoms with Gasteiger partial charge in [-0.15, -0.1) is 0 Å². The minimum absolute atomic E-state index is 0.00738. The molecular formula is C20H28N2O4. The third kappa shape index (κ3) is 2.95. The number of hydrogen-bond acceptors (Lipinski definition) is 5. The fraction of sp³-hybridized carbons (Fsp3) is 0.650. The number of nitrogens with one attached hydrogen (secondary N) is 1. The molecule has 1 spiro atoms. The van der Waals surface area contributed by atoms with Crippen LogP contribution in [0.1, 0.15) is 36.8 Å². The Hall–Kier alpha value is -1.79. The molecule has 0 aromatic heterocycles. The minimum Gasteiger partial charge on any atom is -0.493 e. The highest BCUT2D eigenvalue weighted by Gasteiger charge is 2.43. The van der Waals surface area contributed by atoms with E-state index in [-0.39, 0.29) is 17.6 Å². The number of methoxy groups -OCH3 is 2. The second-order valence-electron chi connectivity index (χ2n) is 7.43. The number of ether oxygens (including phenoxy) is 3. The highest BCUT2D eigenvalue weighted by Crippen LogP contribution is 2.45. The van der Waals surface area contributed by atoms with Gasteiger partial charge in [0.05, 0.1) is 32.5 Å². The summed E-state index contributed by atoms with van der Waals surface area (Å²) in [5, 5.41) is 3.32. The maximum absolute atomic E-state index is 12.7. The van der Waals surface area contributed by atoms with Crippen LogP contribution >= 0.6 is 0 Å². The Morgan fingerprint density at radius 2 is 1.96 bits per heavy atom. The molecule has 0 unspecified atom stereocenters. The van der Waals surface area contributed by atoms with Crippen molar-refractivity contribution in [2.24, 2.45) is 0 Å². The molecule has 0 saturated carbocycles. The van der Waals surface area contributed by atoms with E-state index >= 15 is 0 Å². The zero-order valence-corrected chi connectivity index (χ0v) is 15.7. The summed E-state index contributed by atoms with van der Waals surface area (Å²) in [4.78, 5) is 14.7. The molecule has 3 aliphatic heterocycles. The van der Waals surface area contributed by atoms with Crippen LogP contribution in [0.2, 0.25) is 0 Å². The highest BCUT2D eigenvalue weighted by molar-refractivity contribution is 5.82. The van der Waals surface area contributed by atoms with Crippen molar-refractivity contribution in [3.8, 4) is 11.5 Å². The molecule has 3 heterocycles. The predicted molar refractivity (Wildman–Crippen MR) is 97.7 cm³/mol. The molecule has 1 aromatic carbocycles. The number of rotatable bonds is 3. The fourth-order valence-corrected chi connectivity index (χ4v) is 4.60. The van der Waals surface area contributed by atoms with Crippen LogP contribution in [0.15, 0.2) is 12.1 Å². The summed E-state index contributed by atoms with van der Waals surface area (Å²) >= 11 is 0. The summed E-state index contributed by atoms with van der Waals surface area (Å²) in [5.41, 5.74) is 2.16. The van der Waals surface area contributed by atoms with Gasteiger partial charge in [-0.05, 0) is 61.9 Å². The first kappa shape index (κ1) is 17.6. The lowest BCUT2D eigenvalue weighted by Crippen LogP contribution is -2.52. The normalized spacial score (nSPS) is 24.4. The highest BCUT2D eigenvalue weighted by atomic mass is 16.5. The van der Waals surface area contributed by atoms with Crippen LogP contribution in [-0.4, -0.2) is 57.3 Å². The number of fused-ring (bicyclic) bond motifs is 2. The van der Waals surface area contributed by atoms with E-state index in [1.54, 1.807) is 14.2 Å². The second kappa shape index (κ2) is 7.08. The van der Waals surface area contributed by atoms with Gasteiger partial charge in [-0.2, -0.15) is 0 Å². The topological polar surface area (TPSA) is 60.0 Å². The van der Waals surface area contributed by atoms with Gasteiger partial charge in [0.25, 0.3) is 0 Å². The lowest BCUT2D eigenvalue weighted by molar-refractivity contribution is -0.142. The van der Waals surface area contributed by atoms with Crippen molar-refractivity contribution in [2.45, 2.75) is 43.7 Å². The summed E-state index contributed by atoms with van der Waals surface area (Å²) in [6, 6.07) is 4.16. The van der Waals surface area contributed by atoms with E-state index in [1.807, 2.05) is 4.90 Å². The monoisotopic (exact) mass is 360 g/mol. The molecule has 2 saturated heterocycles. The van der Waals surface area contributed by atoms with Crippen LogP contribution in [-0.2, 0) is 21.6 Å². The number of hydrogen-bond donors (Lipinski definition) is 1. The first-order valence-corrected chi connectivity index (χ1v) is 9.58. The number of piperidine rings is 1. The molecule has 1 aromatic rings. The average molecular weight is 360 g/mol. The van der Waals surface area contributed by atoms with Crippen LogP contribution in [0.5, 0.6) is 11.5 Å². The SMILES string of the molecule is COc1cc2c(cc1OC)C1(CCN(C(=O)[C@H]3CCCN3)CC1)OCC2. The quantitative estimate of drug-likeness (QED) is 0.891. The van der Waals surface area contributed by atoms with Gasteiger partial charge >= 0.3 is 0 Å². The molecule has 0 aliphatic carbocycles. The van der Waals surface area contributed by atoms with Gasteiger partial charge in [-0.25, -0.2) is 0 Å². The first-order chi connectivity index (χ1) is 12.7. The van der Waals surface area contributed by atoms with Crippen LogP contribution in [0.3, 0.4) is 0 Å². The second-order valence-corrected chi connectivity index (χ2v) is 7.43. The molecule has 26 heavy (non-hydrogen) atoms. The van der Waals surface area contributed by atoms with Crippen LogP contribution < -0.4 is 14.8 Å². The minimum atomic E-state index is -0.312. The Labute approximate surface area is 154 Å². The van der Waals surface area contributed by atoms with Crippen molar-refractivity contribution >= 4 is 5.91 Å². The maximum atomic E-state index is 12.7. The number of carbonyl (C=O) groups excluding carboxylic acids is 1. The van der Waals surface area contributed by atoms with Crippen molar-refractivity contribution in [3.05, 3.63) is 23.3 Å². The lowest BCUT2D eigenvalue weighted by atomic mass is 9.79. The molecule has 0 radical (unpaired) electrons. The Balaban J connectivity index is 1.55. The number of likely N-dealkylation sites (tertiary alicyclic amines) is 1. The van der Waals surface area contributed by atoms with Gasteiger partial charge in [0, 0.05) is 13.1 Å². The van der Waals surface area contributed by atoms with Gasteiger partial charge in [0.2, 0.25) is 5.91 Å². The molecule has 0 bridgehead atoms. The van der Waals surface area contributed by atoms with E-state index in [1.165, 1.54) is 11.1 Å². The lowest BCUT2D eigenvalue weighted by Gasteiger charge is -2.45. The molecule has 6 heteroatoms. The van der Waals surface area contributed by atoms with Crippen LogP contribution in [0.25, 0.3) is 0 Å². The zero-order valence-electron chi connectivity index (χ0n) is 15.7. The van der Waals surface area contributed by atoms with E-state index < -0.39 is 0 Å². The van der Waals surface area contributed by atoms with Gasteiger partial charge < -0.3 is 24.4 Å². The van der Waals surface area contributed by atoms with E-state index in [0.29, 0.717) is 6.61 Å². The fourth-order valence-electron chi connectivity index (χ4n) is 4.60. The third-order valence-electron chi connectivity index (χ3n) is 6.09. The predicted octanol–water partition coefficient (Wildman–Crippen LogP) is 1.85. The number of carbonyl (C=O) groups is 1. The molecule has 142 valence electrons. The van der Waals surface area contributed by atoms with Crippen LogP contribution in [0.4, 0.5) is 0 Å². The van der Waals surface area contributed by atoms with E-state index in [4.69, 9.17) is 14.2 Å². The first-order valence-electron chi connectivity index (χ1n) is 9.58. The molecule has 6 nitrogen and oxygen atoms in total. The van der Waals surface area contributed by atoms with Gasteiger partial charge in [0.15, 0.2) is 11.5 Å². The third-order valence-corrected chi connectivity index (χ3v) is 6.09. The Morgan fingerprint density at radius 1 is 1.23 bits per heavy atom. The Morgan fingerprint density at radius 3 is 2.62 bits per heavy atom. The van der Waals surface area contributed by atoms with Gasteiger partial charge in [-0.3, -0.25) is 4.79 Å². The smallest absolute Gasteiger partial charge is 0.239 e. The number of benzene rings is 1. The van der Waals surface area contributed by atoms with Crippen molar-refractivity contribution < 1.29 is 19.0 Å². The van der Waals surface area contributed by atoms with E-state index in [2.05, 4.69) is 17.4 Å². The summed E-state index contributed by atoms with van der Waals surface area (Å²) < 4.78 is 17.3. The summed E-state index contributed by atoms with van der Waals surface area (Å²) in [7, 11) is 3.33. The summed E-state index contributed by atoms with van der Waals surface area (Å²) in [6.45, 7) is 3.14. The number of amides is 1. The van der Waals surface area contributed by atoms with Crippen molar-refractivity contribution in [1.82, 2.24) is 10.2 Å². The summed E-state index contributed by atoms with van der Waals surface area (Å²) in [6.07, 6.45) is 4.58. The average Bonchev–Trinajstić information content (AvgIpc) is 3.22. The zero-order chi connectivity index (χ0) is 18.1. The largest absolute Gasteiger partial charge is 0.493 e. The molecule has 3 aliphatic rings. The molecular weight excluding hydrogens is 332 g/mol. The van der Waals surface area contributed by atoms with Crippen molar-refractivity contribution in [1.29, 1.82) is 0 Å².